The molecule has 0 aliphatic heterocycles. The van der Waals surface area contributed by atoms with E-state index in [-0.39, 0.29) is 5.83 Å². The van der Waals surface area contributed by atoms with Crippen LogP contribution in [0.4, 0.5) is 4.39 Å². The van der Waals surface area contributed by atoms with Crippen molar-refractivity contribution in [2.45, 2.75) is 19.3 Å². The van der Waals surface area contributed by atoms with Crippen molar-refractivity contribution >= 4 is 5.83 Å². The van der Waals surface area contributed by atoms with E-state index in [4.69, 9.17) is 0 Å². The summed E-state index contributed by atoms with van der Waals surface area (Å²) in [7, 11) is 0. The lowest BCUT2D eigenvalue weighted by Gasteiger charge is -2.07. The minimum atomic E-state index is -0.195. The van der Waals surface area contributed by atoms with Gasteiger partial charge in [0.15, 0.2) is 0 Å². The standard InChI is InChI=1S/C20H17F/c21-20(13-7-4-8-16-14-15-16)19-12-6-5-11-18(19)17-9-2-1-3-10-17/h1-3,5-6,9-13,16H,7,14-15H2. The molecular weight excluding hydrogens is 259 g/mol. The van der Waals surface area contributed by atoms with Crippen LogP contribution in [0.2, 0.25) is 0 Å². The molecule has 0 aromatic heterocycles. The minimum absolute atomic E-state index is 0.195. The molecule has 1 saturated carbocycles. The van der Waals surface area contributed by atoms with Crippen molar-refractivity contribution in [3.8, 4) is 23.0 Å². The Balaban J connectivity index is 1.84. The molecule has 0 radical (unpaired) electrons. The molecule has 0 spiro atoms. The lowest BCUT2D eigenvalue weighted by atomic mass is 9.98. The van der Waals surface area contributed by atoms with Gasteiger partial charge in [0.25, 0.3) is 0 Å². The number of hydrogen-bond acceptors (Lipinski definition) is 0. The van der Waals surface area contributed by atoms with Crippen LogP contribution in [0.5, 0.6) is 0 Å². The molecule has 0 amide bonds. The van der Waals surface area contributed by atoms with Gasteiger partial charge in [-0.25, -0.2) is 4.39 Å². The van der Waals surface area contributed by atoms with Gasteiger partial charge in [-0.3, -0.25) is 0 Å². The lowest BCUT2D eigenvalue weighted by Crippen LogP contribution is -1.86. The third-order valence-electron chi connectivity index (χ3n) is 3.54. The maximum atomic E-state index is 14.4. The van der Waals surface area contributed by atoms with Crippen molar-refractivity contribution < 1.29 is 4.39 Å². The van der Waals surface area contributed by atoms with Gasteiger partial charge in [-0.2, -0.15) is 0 Å². The summed E-state index contributed by atoms with van der Waals surface area (Å²) < 4.78 is 14.4. The highest BCUT2D eigenvalue weighted by Gasteiger charge is 2.17. The zero-order valence-corrected chi connectivity index (χ0v) is 11.9. The Labute approximate surface area is 125 Å². The third kappa shape index (κ3) is 3.61. The monoisotopic (exact) mass is 276 g/mol. The van der Waals surface area contributed by atoms with Gasteiger partial charge in [0.2, 0.25) is 0 Å². The van der Waals surface area contributed by atoms with E-state index < -0.39 is 0 Å². The van der Waals surface area contributed by atoms with Crippen LogP contribution in [0.1, 0.15) is 24.8 Å². The van der Waals surface area contributed by atoms with Gasteiger partial charge < -0.3 is 0 Å². The minimum Gasteiger partial charge on any atom is -0.207 e. The summed E-state index contributed by atoms with van der Waals surface area (Å²) in [4.78, 5) is 0. The van der Waals surface area contributed by atoms with Crippen molar-refractivity contribution in [3.63, 3.8) is 0 Å². The van der Waals surface area contributed by atoms with E-state index in [1.54, 1.807) is 6.08 Å². The maximum Gasteiger partial charge on any atom is 0.128 e. The highest BCUT2D eigenvalue weighted by molar-refractivity contribution is 5.78. The molecule has 0 N–H and O–H groups in total. The van der Waals surface area contributed by atoms with Gasteiger partial charge in [0.1, 0.15) is 5.83 Å². The number of rotatable bonds is 3. The van der Waals surface area contributed by atoms with Crippen molar-refractivity contribution in [3.05, 3.63) is 66.2 Å². The number of halogens is 1. The lowest BCUT2D eigenvalue weighted by molar-refractivity contribution is 0.757. The Morgan fingerprint density at radius 2 is 1.76 bits per heavy atom. The summed E-state index contributed by atoms with van der Waals surface area (Å²) in [5.74, 6) is 6.56. The van der Waals surface area contributed by atoms with Gasteiger partial charge in [-0.1, -0.05) is 66.4 Å². The number of allylic oxidation sites excluding steroid dienone is 1. The van der Waals surface area contributed by atoms with E-state index in [0.29, 0.717) is 17.9 Å². The van der Waals surface area contributed by atoms with Crippen LogP contribution >= 0.6 is 0 Å². The zero-order valence-electron chi connectivity index (χ0n) is 11.9. The molecular formula is C20H17F. The van der Waals surface area contributed by atoms with Crippen molar-refractivity contribution in [2.24, 2.45) is 5.92 Å². The molecule has 0 bridgehead atoms. The van der Waals surface area contributed by atoms with Gasteiger partial charge in [0, 0.05) is 17.9 Å². The van der Waals surface area contributed by atoms with Crippen LogP contribution < -0.4 is 0 Å². The van der Waals surface area contributed by atoms with Crippen LogP contribution in [0.25, 0.3) is 17.0 Å². The van der Waals surface area contributed by atoms with Crippen molar-refractivity contribution in [2.75, 3.05) is 0 Å². The molecule has 2 aromatic rings. The SMILES string of the molecule is FC(=CCC#CC1CC1)c1ccccc1-c1ccccc1. The second-order valence-electron chi connectivity index (χ2n) is 5.26. The first-order valence-electron chi connectivity index (χ1n) is 7.33. The fourth-order valence-corrected chi connectivity index (χ4v) is 2.24. The summed E-state index contributed by atoms with van der Waals surface area (Å²) >= 11 is 0. The van der Waals surface area contributed by atoms with E-state index >= 15 is 0 Å². The molecule has 1 heteroatoms. The highest BCUT2D eigenvalue weighted by atomic mass is 19.1. The second-order valence-corrected chi connectivity index (χ2v) is 5.26. The van der Waals surface area contributed by atoms with E-state index in [9.17, 15) is 4.39 Å². The predicted molar refractivity (Wildman–Crippen MR) is 86.1 cm³/mol. The number of benzene rings is 2. The van der Waals surface area contributed by atoms with Crippen LogP contribution in [0, 0.1) is 17.8 Å². The average molecular weight is 276 g/mol. The smallest absolute Gasteiger partial charge is 0.128 e. The summed E-state index contributed by atoms with van der Waals surface area (Å²) in [5, 5.41) is 0. The van der Waals surface area contributed by atoms with Crippen LogP contribution in [0.3, 0.4) is 0 Å². The number of hydrogen-bond donors (Lipinski definition) is 0. The topological polar surface area (TPSA) is 0 Å². The molecule has 3 rings (SSSR count). The molecule has 0 nitrogen and oxygen atoms in total. The maximum absolute atomic E-state index is 14.4. The van der Waals surface area contributed by atoms with Crippen LogP contribution in [0.15, 0.2) is 60.7 Å². The Bertz CT molecular complexity index is 697. The first-order chi connectivity index (χ1) is 10.3. The molecule has 0 heterocycles. The third-order valence-corrected chi connectivity index (χ3v) is 3.54. The summed E-state index contributed by atoms with van der Waals surface area (Å²) in [5.41, 5.74) is 2.58. The van der Waals surface area contributed by atoms with E-state index in [2.05, 4.69) is 11.8 Å². The molecule has 1 fully saturated rings. The van der Waals surface area contributed by atoms with Crippen molar-refractivity contribution in [1.82, 2.24) is 0 Å². The fraction of sp³-hybridized carbons (Fsp3) is 0.200. The van der Waals surface area contributed by atoms with Crippen LogP contribution in [-0.2, 0) is 0 Å². The van der Waals surface area contributed by atoms with E-state index in [1.807, 2.05) is 54.6 Å². The summed E-state index contributed by atoms with van der Waals surface area (Å²) in [6.45, 7) is 0. The Morgan fingerprint density at radius 3 is 2.52 bits per heavy atom. The quantitative estimate of drug-likeness (QED) is 0.652. The Morgan fingerprint density at radius 1 is 1.05 bits per heavy atom. The van der Waals surface area contributed by atoms with E-state index in [0.717, 1.165) is 11.1 Å². The summed E-state index contributed by atoms with van der Waals surface area (Å²) in [6.07, 6.45) is 4.47. The van der Waals surface area contributed by atoms with E-state index in [1.165, 1.54) is 12.8 Å². The first kappa shape index (κ1) is 13.6. The molecule has 104 valence electrons. The normalized spacial score (nSPS) is 14.4. The van der Waals surface area contributed by atoms with Crippen LogP contribution in [-0.4, -0.2) is 0 Å². The second kappa shape index (κ2) is 6.41. The van der Waals surface area contributed by atoms with Gasteiger partial charge >= 0.3 is 0 Å². The zero-order chi connectivity index (χ0) is 14.5. The predicted octanol–water partition coefficient (Wildman–Crippen LogP) is 5.47. The average Bonchev–Trinajstić information content (AvgIpc) is 3.36. The van der Waals surface area contributed by atoms with Gasteiger partial charge in [0.05, 0.1) is 0 Å². The van der Waals surface area contributed by atoms with Gasteiger partial charge in [-0.15, -0.1) is 0 Å². The molecule has 0 saturated heterocycles. The molecule has 2 aromatic carbocycles. The highest BCUT2D eigenvalue weighted by Crippen LogP contribution is 2.30. The molecule has 1 aliphatic rings. The largest absolute Gasteiger partial charge is 0.207 e. The molecule has 21 heavy (non-hydrogen) atoms. The molecule has 1 aliphatic carbocycles. The molecule has 0 atom stereocenters. The summed E-state index contributed by atoms with van der Waals surface area (Å²) in [6, 6.07) is 17.5. The molecule has 0 unspecified atom stereocenters. The first-order valence-corrected chi connectivity index (χ1v) is 7.33. The van der Waals surface area contributed by atoms with Gasteiger partial charge in [-0.05, 0) is 30.0 Å². The Hall–Kier alpha value is -2.33. The Kier molecular flexibility index (Phi) is 4.17. The fourth-order valence-electron chi connectivity index (χ4n) is 2.24. The van der Waals surface area contributed by atoms with Crippen molar-refractivity contribution in [1.29, 1.82) is 0 Å².